The molecule has 0 bridgehead atoms. The van der Waals surface area contributed by atoms with Crippen LogP contribution in [0.15, 0.2) is 24.5 Å². The van der Waals surface area contributed by atoms with Gasteiger partial charge in [-0.3, -0.25) is 4.98 Å². The van der Waals surface area contributed by atoms with E-state index in [1.165, 1.54) is 0 Å². The maximum Gasteiger partial charge on any atom is 0.315 e. The number of hydrogen-bond donors (Lipinski definition) is 2. The molecule has 0 fully saturated rings. The normalized spacial score (nSPS) is 16.9. The topological polar surface area (TPSA) is 94.0 Å². The van der Waals surface area contributed by atoms with Gasteiger partial charge in [0.2, 0.25) is 0 Å². The van der Waals surface area contributed by atoms with Crippen LogP contribution in [0.3, 0.4) is 0 Å². The number of carbonyl (C=O) groups excluding carboxylic acids is 1. The first-order chi connectivity index (χ1) is 10.7. The lowest BCUT2D eigenvalue weighted by molar-refractivity contribution is 0.00234. The predicted octanol–water partition coefficient (Wildman–Crippen LogP) is 0.380. The summed E-state index contributed by atoms with van der Waals surface area (Å²) >= 11 is 0. The number of nitrogens with zero attached hydrogens (tertiary/aromatic N) is 4. The van der Waals surface area contributed by atoms with Crippen molar-refractivity contribution in [1.82, 2.24) is 30.6 Å². The molecule has 22 heavy (non-hydrogen) atoms. The highest BCUT2D eigenvalue weighted by Gasteiger charge is 2.22. The molecule has 0 saturated heterocycles. The molecular formula is C14H18N6O2. The zero-order chi connectivity index (χ0) is 15.4. The quantitative estimate of drug-likeness (QED) is 0.851. The summed E-state index contributed by atoms with van der Waals surface area (Å²) in [6, 6.07) is 3.52. The van der Waals surface area contributed by atoms with Gasteiger partial charge in [-0.15, -0.1) is 5.10 Å². The van der Waals surface area contributed by atoms with Gasteiger partial charge in [-0.2, -0.15) is 0 Å². The smallest absolute Gasteiger partial charge is 0.315 e. The van der Waals surface area contributed by atoms with Gasteiger partial charge in [-0.05, 0) is 18.6 Å². The molecule has 116 valence electrons. The lowest BCUT2D eigenvalue weighted by atomic mass is 10.2. The van der Waals surface area contributed by atoms with Crippen molar-refractivity contribution in [3.8, 4) is 0 Å². The highest BCUT2D eigenvalue weighted by Crippen LogP contribution is 2.14. The Morgan fingerprint density at radius 2 is 2.41 bits per heavy atom. The Balaban J connectivity index is 1.42. The molecule has 8 nitrogen and oxygen atoms in total. The summed E-state index contributed by atoms with van der Waals surface area (Å²) in [4.78, 5) is 15.8. The third kappa shape index (κ3) is 3.40. The number of urea groups is 1. The second-order valence-electron chi connectivity index (χ2n) is 5.16. The Kier molecular flexibility index (Phi) is 4.29. The molecule has 2 aromatic rings. The fourth-order valence-corrected chi connectivity index (χ4v) is 2.27. The minimum atomic E-state index is -0.229. The summed E-state index contributed by atoms with van der Waals surface area (Å²) in [5, 5.41) is 13.7. The fourth-order valence-electron chi connectivity index (χ4n) is 2.27. The second-order valence-corrected chi connectivity index (χ2v) is 5.16. The monoisotopic (exact) mass is 302 g/mol. The van der Waals surface area contributed by atoms with Gasteiger partial charge in [0.05, 0.1) is 30.6 Å². The standard InChI is InChI=1S/C14H18N6O2/c1-10-13-9-22-12(8-20(13)19-18-10)7-17-14(21)16-6-11-3-2-4-15-5-11/h2-5,12H,6-9H2,1H3,(H2,16,17,21). The third-order valence-electron chi connectivity index (χ3n) is 3.53. The van der Waals surface area contributed by atoms with Crippen molar-refractivity contribution >= 4 is 6.03 Å². The van der Waals surface area contributed by atoms with Crippen LogP contribution in [-0.4, -0.2) is 38.7 Å². The fraction of sp³-hybridized carbons (Fsp3) is 0.429. The average Bonchev–Trinajstić information content (AvgIpc) is 2.93. The van der Waals surface area contributed by atoms with Gasteiger partial charge in [0.15, 0.2) is 0 Å². The molecule has 2 N–H and O–H groups in total. The molecule has 1 atom stereocenters. The SMILES string of the molecule is Cc1nnn2c1COC(CNC(=O)NCc1cccnc1)C2. The van der Waals surface area contributed by atoms with Crippen LogP contribution in [-0.2, 0) is 24.4 Å². The molecule has 0 radical (unpaired) electrons. The number of fused-ring (bicyclic) bond motifs is 1. The van der Waals surface area contributed by atoms with Crippen LogP contribution in [0.4, 0.5) is 4.79 Å². The summed E-state index contributed by atoms with van der Waals surface area (Å²) in [6.45, 7) is 3.85. The molecule has 0 aromatic carbocycles. The summed E-state index contributed by atoms with van der Waals surface area (Å²) < 4.78 is 7.54. The van der Waals surface area contributed by atoms with Gasteiger partial charge in [0, 0.05) is 25.5 Å². The van der Waals surface area contributed by atoms with Crippen molar-refractivity contribution in [1.29, 1.82) is 0 Å². The zero-order valence-electron chi connectivity index (χ0n) is 12.3. The van der Waals surface area contributed by atoms with Crippen molar-refractivity contribution < 1.29 is 9.53 Å². The molecule has 8 heteroatoms. The number of carbonyl (C=O) groups is 1. The van der Waals surface area contributed by atoms with Crippen LogP contribution < -0.4 is 10.6 Å². The Morgan fingerprint density at radius 3 is 3.23 bits per heavy atom. The minimum absolute atomic E-state index is 0.0993. The van der Waals surface area contributed by atoms with Crippen LogP contribution in [0.2, 0.25) is 0 Å². The highest BCUT2D eigenvalue weighted by atomic mass is 16.5. The maximum absolute atomic E-state index is 11.8. The largest absolute Gasteiger partial charge is 0.368 e. The lowest BCUT2D eigenvalue weighted by Crippen LogP contribution is -2.43. The Bertz CT molecular complexity index is 642. The number of rotatable bonds is 4. The molecule has 3 heterocycles. The first-order valence-electron chi connectivity index (χ1n) is 7.13. The Morgan fingerprint density at radius 1 is 1.50 bits per heavy atom. The van der Waals surface area contributed by atoms with Crippen molar-refractivity contribution in [2.45, 2.75) is 32.7 Å². The maximum atomic E-state index is 11.8. The molecule has 1 aliphatic heterocycles. The number of ether oxygens (including phenoxy) is 1. The zero-order valence-corrected chi connectivity index (χ0v) is 12.3. The number of aryl methyl sites for hydroxylation is 1. The van der Waals surface area contributed by atoms with Crippen LogP contribution in [0, 0.1) is 6.92 Å². The molecule has 2 amide bonds. The van der Waals surface area contributed by atoms with E-state index in [1.54, 1.807) is 12.4 Å². The molecule has 1 aliphatic rings. The molecule has 1 unspecified atom stereocenters. The van der Waals surface area contributed by atoms with Gasteiger partial charge in [-0.1, -0.05) is 11.3 Å². The van der Waals surface area contributed by atoms with Gasteiger partial charge >= 0.3 is 6.03 Å². The number of nitrogens with one attached hydrogen (secondary N) is 2. The summed E-state index contributed by atoms with van der Waals surface area (Å²) in [5.41, 5.74) is 2.84. The number of pyridine rings is 1. The van der Waals surface area contributed by atoms with Crippen LogP contribution in [0.1, 0.15) is 17.0 Å². The van der Waals surface area contributed by atoms with E-state index >= 15 is 0 Å². The second kappa shape index (κ2) is 6.52. The van der Waals surface area contributed by atoms with Crippen molar-refractivity contribution in [2.75, 3.05) is 6.54 Å². The molecule has 0 aliphatic carbocycles. The predicted molar refractivity (Wildman–Crippen MR) is 77.8 cm³/mol. The summed E-state index contributed by atoms with van der Waals surface area (Å²) in [5.74, 6) is 0. The van der Waals surface area contributed by atoms with E-state index in [9.17, 15) is 4.79 Å². The van der Waals surface area contributed by atoms with Crippen molar-refractivity contribution in [2.24, 2.45) is 0 Å². The molecule has 3 rings (SSSR count). The van der Waals surface area contributed by atoms with Crippen LogP contribution in [0.25, 0.3) is 0 Å². The Labute approximate surface area is 127 Å². The summed E-state index contributed by atoms with van der Waals surface area (Å²) in [6.07, 6.45) is 3.32. The van der Waals surface area contributed by atoms with E-state index in [4.69, 9.17) is 4.74 Å². The molecule has 2 aromatic heterocycles. The van der Waals surface area contributed by atoms with Gasteiger partial charge in [0.1, 0.15) is 0 Å². The van der Waals surface area contributed by atoms with Crippen molar-refractivity contribution in [3.05, 3.63) is 41.5 Å². The number of aromatic nitrogens is 4. The molecule has 0 spiro atoms. The van der Waals surface area contributed by atoms with E-state index in [2.05, 4.69) is 25.9 Å². The van der Waals surface area contributed by atoms with E-state index in [0.717, 1.165) is 17.0 Å². The highest BCUT2D eigenvalue weighted by molar-refractivity contribution is 5.73. The van der Waals surface area contributed by atoms with Gasteiger partial charge in [-0.25, -0.2) is 9.48 Å². The van der Waals surface area contributed by atoms with E-state index in [-0.39, 0.29) is 12.1 Å². The van der Waals surface area contributed by atoms with Gasteiger partial charge < -0.3 is 15.4 Å². The van der Waals surface area contributed by atoms with Crippen molar-refractivity contribution in [3.63, 3.8) is 0 Å². The minimum Gasteiger partial charge on any atom is -0.368 e. The van der Waals surface area contributed by atoms with E-state index in [1.807, 2.05) is 23.7 Å². The molecule has 0 saturated carbocycles. The van der Waals surface area contributed by atoms with E-state index < -0.39 is 0 Å². The van der Waals surface area contributed by atoms with E-state index in [0.29, 0.717) is 26.2 Å². The first-order valence-corrected chi connectivity index (χ1v) is 7.13. The Hall–Kier alpha value is -2.48. The van der Waals surface area contributed by atoms with Crippen LogP contribution >= 0.6 is 0 Å². The number of amides is 2. The molecular weight excluding hydrogens is 284 g/mol. The first kappa shape index (κ1) is 14.5. The third-order valence-corrected chi connectivity index (χ3v) is 3.53. The van der Waals surface area contributed by atoms with Gasteiger partial charge in [0.25, 0.3) is 0 Å². The average molecular weight is 302 g/mol. The lowest BCUT2D eigenvalue weighted by Gasteiger charge is -2.24. The number of hydrogen-bond acceptors (Lipinski definition) is 5. The summed E-state index contributed by atoms with van der Waals surface area (Å²) in [7, 11) is 0. The van der Waals surface area contributed by atoms with Crippen LogP contribution in [0.5, 0.6) is 0 Å².